The Bertz CT molecular complexity index is 1300. The molecule has 3 aromatic carbocycles. The lowest BCUT2D eigenvalue weighted by Crippen LogP contribution is -2.15. The fraction of sp³-hybridized carbons (Fsp3) is 0.0435. The third-order valence-corrected chi connectivity index (χ3v) is 4.60. The lowest BCUT2D eigenvalue weighted by molar-refractivity contribution is 0.102. The van der Waals surface area contributed by atoms with E-state index in [1.54, 1.807) is 31.2 Å². The second-order valence-electron chi connectivity index (χ2n) is 6.51. The van der Waals surface area contributed by atoms with Gasteiger partial charge in [0.1, 0.15) is 17.4 Å². The van der Waals surface area contributed by atoms with Crippen LogP contribution in [0.4, 0.5) is 14.5 Å². The van der Waals surface area contributed by atoms with Crippen molar-refractivity contribution in [1.82, 2.24) is 0 Å². The lowest BCUT2D eigenvalue weighted by Gasteiger charge is -2.11. The number of amides is 1. The van der Waals surface area contributed by atoms with E-state index in [-0.39, 0.29) is 27.6 Å². The number of rotatable bonds is 3. The molecule has 1 amide bonds. The first-order valence-electron chi connectivity index (χ1n) is 8.84. The Morgan fingerprint density at radius 3 is 2.45 bits per heavy atom. The number of benzene rings is 3. The van der Waals surface area contributed by atoms with Gasteiger partial charge in [-0.2, -0.15) is 0 Å². The van der Waals surface area contributed by atoms with Crippen molar-refractivity contribution in [3.8, 4) is 11.3 Å². The van der Waals surface area contributed by atoms with E-state index < -0.39 is 17.5 Å². The van der Waals surface area contributed by atoms with Crippen LogP contribution >= 0.6 is 0 Å². The Balaban J connectivity index is 1.86. The van der Waals surface area contributed by atoms with Crippen LogP contribution in [0.15, 0.2) is 75.9 Å². The first-order valence-corrected chi connectivity index (χ1v) is 8.84. The number of hydrogen-bond acceptors (Lipinski definition) is 3. The van der Waals surface area contributed by atoms with E-state index >= 15 is 0 Å². The number of hydrogen-bond donors (Lipinski definition) is 1. The standard InChI is InChI=1S/C23H15F2NO3/c1-13-20(27)16-8-5-9-17(22(16)29-21(13)14-6-3-2-4-7-14)23(28)26-19-11-10-15(24)12-18(19)25/h2-12H,1H3,(H,26,28). The molecule has 0 saturated heterocycles. The smallest absolute Gasteiger partial charge is 0.259 e. The van der Waals surface area contributed by atoms with Gasteiger partial charge in [0.25, 0.3) is 5.91 Å². The van der Waals surface area contributed by atoms with Crippen LogP contribution in [0.25, 0.3) is 22.3 Å². The number of fused-ring (bicyclic) bond motifs is 1. The van der Waals surface area contributed by atoms with E-state index in [2.05, 4.69) is 5.32 Å². The maximum Gasteiger partial charge on any atom is 0.259 e. The molecule has 4 nitrogen and oxygen atoms in total. The minimum absolute atomic E-state index is 0.0699. The van der Waals surface area contributed by atoms with Crippen LogP contribution in [-0.2, 0) is 0 Å². The highest BCUT2D eigenvalue weighted by atomic mass is 19.1. The number of halogens is 2. The molecule has 6 heteroatoms. The van der Waals surface area contributed by atoms with Crippen LogP contribution in [0.5, 0.6) is 0 Å². The number of carbonyl (C=O) groups is 1. The van der Waals surface area contributed by atoms with E-state index in [1.165, 1.54) is 6.07 Å². The van der Waals surface area contributed by atoms with Gasteiger partial charge >= 0.3 is 0 Å². The van der Waals surface area contributed by atoms with Gasteiger partial charge < -0.3 is 9.73 Å². The second-order valence-corrected chi connectivity index (χ2v) is 6.51. The zero-order valence-corrected chi connectivity index (χ0v) is 15.3. The summed E-state index contributed by atoms with van der Waals surface area (Å²) >= 11 is 0. The van der Waals surface area contributed by atoms with Crippen molar-refractivity contribution >= 4 is 22.6 Å². The molecule has 0 atom stereocenters. The fourth-order valence-electron chi connectivity index (χ4n) is 3.13. The van der Waals surface area contributed by atoms with Gasteiger partial charge in [-0.25, -0.2) is 8.78 Å². The van der Waals surface area contributed by atoms with Crippen LogP contribution in [0.1, 0.15) is 15.9 Å². The maximum atomic E-state index is 13.9. The lowest BCUT2D eigenvalue weighted by atomic mass is 10.0. The van der Waals surface area contributed by atoms with E-state index in [0.29, 0.717) is 23.0 Å². The molecule has 0 radical (unpaired) electrons. The van der Waals surface area contributed by atoms with Crippen LogP contribution in [0.2, 0.25) is 0 Å². The summed E-state index contributed by atoms with van der Waals surface area (Å²) in [6, 6.07) is 16.5. The molecule has 0 unspecified atom stereocenters. The fourth-order valence-corrected chi connectivity index (χ4v) is 3.13. The highest BCUT2D eigenvalue weighted by molar-refractivity contribution is 6.11. The molecule has 0 saturated carbocycles. The Labute approximate surface area is 164 Å². The zero-order valence-electron chi connectivity index (χ0n) is 15.3. The molecule has 4 aromatic rings. The zero-order chi connectivity index (χ0) is 20.5. The number of para-hydroxylation sites is 1. The van der Waals surface area contributed by atoms with Crippen LogP contribution < -0.4 is 10.7 Å². The predicted molar refractivity (Wildman–Crippen MR) is 107 cm³/mol. The summed E-state index contributed by atoms with van der Waals surface area (Å²) < 4.78 is 33.0. The first kappa shape index (κ1) is 18.6. The van der Waals surface area contributed by atoms with Crippen molar-refractivity contribution in [3.05, 3.63) is 99.7 Å². The topological polar surface area (TPSA) is 59.3 Å². The van der Waals surface area contributed by atoms with E-state index in [0.717, 1.165) is 12.1 Å². The van der Waals surface area contributed by atoms with Crippen molar-refractivity contribution in [3.63, 3.8) is 0 Å². The third-order valence-electron chi connectivity index (χ3n) is 4.60. The van der Waals surface area contributed by atoms with Gasteiger partial charge in [0, 0.05) is 17.2 Å². The maximum absolute atomic E-state index is 13.9. The van der Waals surface area contributed by atoms with Gasteiger partial charge in [0.2, 0.25) is 0 Å². The summed E-state index contributed by atoms with van der Waals surface area (Å²) in [6.07, 6.45) is 0. The molecular weight excluding hydrogens is 376 g/mol. The minimum atomic E-state index is -0.902. The van der Waals surface area contributed by atoms with Gasteiger partial charge in [0.15, 0.2) is 11.0 Å². The quantitative estimate of drug-likeness (QED) is 0.516. The van der Waals surface area contributed by atoms with Crippen molar-refractivity contribution < 1.29 is 18.0 Å². The summed E-state index contributed by atoms with van der Waals surface area (Å²) in [5.74, 6) is -1.97. The molecule has 1 aromatic heterocycles. The molecule has 0 fully saturated rings. The largest absolute Gasteiger partial charge is 0.455 e. The number of anilines is 1. The number of nitrogens with one attached hydrogen (secondary N) is 1. The molecule has 1 heterocycles. The summed E-state index contributed by atoms with van der Waals surface area (Å²) in [7, 11) is 0. The first-order chi connectivity index (χ1) is 14.0. The Morgan fingerprint density at radius 2 is 1.72 bits per heavy atom. The second kappa shape index (κ2) is 7.31. The van der Waals surface area contributed by atoms with E-state index in [4.69, 9.17) is 4.42 Å². The summed E-state index contributed by atoms with van der Waals surface area (Å²) in [5, 5.41) is 2.64. The summed E-state index contributed by atoms with van der Waals surface area (Å²) in [6.45, 7) is 1.66. The van der Waals surface area contributed by atoms with E-state index in [9.17, 15) is 18.4 Å². The molecule has 1 N–H and O–H groups in total. The molecule has 0 bridgehead atoms. The monoisotopic (exact) mass is 391 g/mol. The highest BCUT2D eigenvalue weighted by Gasteiger charge is 2.19. The molecule has 29 heavy (non-hydrogen) atoms. The van der Waals surface area contributed by atoms with Crippen molar-refractivity contribution in [2.24, 2.45) is 0 Å². The molecule has 0 spiro atoms. The molecule has 144 valence electrons. The average Bonchev–Trinajstić information content (AvgIpc) is 2.73. The van der Waals surface area contributed by atoms with Gasteiger partial charge in [-0.1, -0.05) is 36.4 Å². The van der Waals surface area contributed by atoms with Crippen molar-refractivity contribution in [2.75, 3.05) is 5.32 Å². The van der Waals surface area contributed by atoms with Crippen LogP contribution in [0, 0.1) is 18.6 Å². The Kier molecular flexibility index (Phi) is 4.68. The number of carbonyl (C=O) groups excluding carboxylic acids is 1. The highest BCUT2D eigenvalue weighted by Crippen LogP contribution is 2.28. The normalized spacial score (nSPS) is 10.9. The average molecular weight is 391 g/mol. The third kappa shape index (κ3) is 3.40. The summed E-state index contributed by atoms with van der Waals surface area (Å²) in [4.78, 5) is 25.6. The molecule has 4 rings (SSSR count). The van der Waals surface area contributed by atoms with Gasteiger partial charge in [0.05, 0.1) is 16.6 Å². The van der Waals surface area contributed by atoms with Gasteiger partial charge in [-0.05, 0) is 31.2 Å². The molecule has 0 aliphatic carbocycles. The minimum Gasteiger partial charge on any atom is -0.455 e. The van der Waals surface area contributed by atoms with Gasteiger partial charge in [-0.15, -0.1) is 0 Å². The van der Waals surface area contributed by atoms with Crippen LogP contribution in [-0.4, -0.2) is 5.91 Å². The molecule has 0 aliphatic rings. The van der Waals surface area contributed by atoms with E-state index in [1.807, 2.05) is 18.2 Å². The van der Waals surface area contributed by atoms with Gasteiger partial charge in [-0.3, -0.25) is 9.59 Å². The Hall–Kier alpha value is -3.80. The van der Waals surface area contributed by atoms with Crippen molar-refractivity contribution in [2.45, 2.75) is 6.92 Å². The van der Waals surface area contributed by atoms with Crippen LogP contribution in [0.3, 0.4) is 0 Å². The van der Waals surface area contributed by atoms with Crippen molar-refractivity contribution in [1.29, 1.82) is 0 Å². The predicted octanol–water partition coefficient (Wildman–Crippen LogP) is 5.30. The molecule has 0 aliphatic heterocycles. The summed E-state index contributed by atoms with van der Waals surface area (Å²) in [5.41, 5.74) is 0.857. The SMILES string of the molecule is Cc1c(-c2ccccc2)oc2c(C(=O)Nc3ccc(F)cc3F)cccc2c1=O. The molecular formula is C23H15F2NO3. The Morgan fingerprint density at radius 1 is 0.966 bits per heavy atom.